The Morgan fingerprint density at radius 2 is 2.06 bits per heavy atom. The quantitative estimate of drug-likeness (QED) is 0.725. The lowest BCUT2D eigenvalue weighted by atomic mass is 9.81. The van der Waals surface area contributed by atoms with Crippen LogP contribution in [0.25, 0.3) is 11.0 Å². The first-order valence-electron chi connectivity index (χ1n) is 6.27. The fourth-order valence-corrected chi connectivity index (χ4v) is 2.95. The SMILES string of the molecule is CC1CC(n2c(C(C)Cl)nc3ccccc32)C1. The number of hydrogen-bond donors (Lipinski definition) is 0. The molecule has 3 heteroatoms. The summed E-state index contributed by atoms with van der Waals surface area (Å²) in [5.41, 5.74) is 2.29. The van der Waals surface area contributed by atoms with E-state index in [1.165, 1.54) is 18.4 Å². The highest BCUT2D eigenvalue weighted by atomic mass is 35.5. The lowest BCUT2D eigenvalue weighted by molar-refractivity contribution is 0.216. The van der Waals surface area contributed by atoms with E-state index in [2.05, 4.69) is 34.7 Å². The molecule has 1 atom stereocenters. The van der Waals surface area contributed by atoms with Crippen LogP contribution in [0, 0.1) is 5.92 Å². The van der Waals surface area contributed by atoms with Gasteiger partial charge in [0.15, 0.2) is 0 Å². The summed E-state index contributed by atoms with van der Waals surface area (Å²) in [4.78, 5) is 4.67. The Bertz CT molecular complexity index is 538. The van der Waals surface area contributed by atoms with E-state index in [4.69, 9.17) is 11.6 Å². The normalized spacial score (nSPS) is 25.8. The van der Waals surface area contributed by atoms with E-state index < -0.39 is 0 Å². The van der Waals surface area contributed by atoms with Crippen LogP contribution in [-0.4, -0.2) is 9.55 Å². The lowest BCUT2D eigenvalue weighted by Gasteiger charge is -2.35. The molecule has 1 unspecified atom stereocenters. The van der Waals surface area contributed by atoms with Crippen molar-refractivity contribution in [1.82, 2.24) is 9.55 Å². The number of imidazole rings is 1. The molecule has 1 aliphatic rings. The summed E-state index contributed by atoms with van der Waals surface area (Å²) in [5.74, 6) is 1.85. The fraction of sp³-hybridized carbons (Fsp3) is 0.500. The zero-order valence-electron chi connectivity index (χ0n) is 10.2. The van der Waals surface area contributed by atoms with Gasteiger partial charge in [0.2, 0.25) is 0 Å². The second kappa shape index (κ2) is 4.02. The highest BCUT2D eigenvalue weighted by Gasteiger charge is 2.30. The topological polar surface area (TPSA) is 17.8 Å². The average molecular weight is 249 g/mol. The van der Waals surface area contributed by atoms with E-state index in [-0.39, 0.29) is 5.38 Å². The lowest BCUT2D eigenvalue weighted by Crippen LogP contribution is -2.26. The molecule has 0 amide bonds. The minimum atomic E-state index is -0.0293. The summed E-state index contributed by atoms with van der Waals surface area (Å²) in [5, 5.41) is -0.0293. The molecule has 0 saturated heterocycles. The van der Waals surface area contributed by atoms with E-state index in [1.54, 1.807) is 0 Å². The van der Waals surface area contributed by atoms with Crippen LogP contribution >= 0.6 is 11.6 Å². The van der Waals surface area contributed by atoms with Crippen molar-refractivity contribution in [2.75, 3.05) is 0 Å². The summed E-state index contributed by atoms with van der Waals surface area (Å²) in [7, 11) is 0. The van der Waals surface area contributed by atoms with Crippen molar-refractivity contribution in [3.63, 3.8) is 0 Å². The highest BCUT2D eigenvalue weighted by Crippen LogP contribution is 2.41. The van der Waals surface area contributed by atoms with Crippen LogP contribution in [0.1, 0.15) is 43.9 Å². The monoisotopic (exact) mass is 248 g/mol. The Labute approximate surface area is 107 Å². The van der Waals surface area contributed by atoms with Gasteiger partial charge < -0.3 is 4.57 Å². The van der Waals surface area contributed by atoms with Crippen molar-refractivity contribution in [2.45, 2.75) is 38.1 Å². The Hall–Kier alpha value is -1.02. The number of alkyl halides is 1. The molecule has 0 radical (unpaired) electrons. The molecule has 1 heterocycles. The fourth-order valence-electron chi connectivity index (χ4n) is 2.80. The van der Waals surface area contributed by atoms with Crippen molar-refractivity contribution in [3.05, 3.63) is 30.1 Å². The minimum absolute atomic E-state index is 0.0293. The number of fused-ring (bicyclic) bond motifs is 1. The first kappa shape index (κ1) is 11.1. The number of halogens is 1. The highest BCUT2D eigenvalue weighted by molar-refractivity contribution is 6.20. The molecule has 2 nitrogen and oxygen atoms in total. The molecule has 1 aliphatic carbocycles. The van der Waals surface area contributed by atoms with Crippen molar-refractivity contribution in [1.29, 1.82) is 0 Å². The molecule has 17 heavy (non-hydrogen) atoms. The van der Waals surface area contributed by atoms with Crippen molar-refractivity contribution < 1.29 is 0 Å². The zero-order valence-corrected chi connectivity index (χ0v) is 11.0. The second-order valence-electron chi connectivity index (χ2n) is 5.18. The van der Waals surface area contributed by atoms with E-state index in [0.29, 0.717) is 6.04 Å². The maximum Gasteiger partial charge on any atom is 0.127 e. The van der Waals surface area contributed by atoms with Gasteiger partial charge in [-0.2, -0.15) is 0 Å². The van der Waals surface area contributed by atoms with Gasteiger partial charge in [-0.25, -0.2) is 4.98 Å². The van der Waals surface area contributed by atoms with Gasteiger partial charge in [-0.05, 0) is 37.8 Å². The number of aromatic nitrogens is 2. The van der Waals surface area contributed by atoms with Crippen LogP contribution in [0.3, 0.4) is 0 Å². The maximum atomic E-state index is 6.26. The molecule has 3 rings (SSSR count). The maximum absolute atomic E-state index is 6.26. The Balaban J connectivity index is 2.15. The van der Waals surface area contributed by atoms with Crippen LogP contribution in [0.5, 0.6) is 0 Å². The van der Waals surface area contributed by atoms with Gasteiger partial charge in [0.25, 0.3) is 0 Å². The zero-order chi connectivity index (χ0) is 12.0. The first-order chi connectivity index (χ1) is 8.16. The molecule has 0 aliphatic heterocycles. The number of hydrogen-bond acceptors (Lipinski definition) is 1. The summed E-state index contributed by atoms with van der Waals surface area (Å²) < 4.78 is 2.35. The van der Waals surface area contributed by atoms with Gasteiger partial charge in [0.1, 0.15) is 5.82 Å². The largest absolute Gasteiger partial charge is 0.324 e. The first-order valence-corrected chi connectivity index (χ1v) is 6.71. The Morgan fingerprint density at radius 1 is 1.35 bits per heavy atom. The average Bonchev–Trinajstić information content (AvgIpc) is 2.64. The molecular weight excluding hydrogens is 232 g/mol. The van der Waals surface area contributed by atoms with E-state index in [0.717, 1.165) is 17.3 Å². The predicted octanol–water partition coefficient (Wildman–Crippen LogP) is 4.31. The molecule has 2 aromatic rings. The third kappa shape index (κ3) is 1.75. The van der Waals surface area contributed by atoms with Gasteiger partial charge in [-0.1, -0.05) is 19.1 Å². The summed E-state index contributed by atoms with van der Waals surface area (Å²) in [6.45, 7) is 4.31. The van der Waals surface area contributed by atoms with Gasteiger partial charge in [-0.3, -0.25) is 0 Å². The third-order valence-electron chi connectivity index (χ3n) is 3.69. The van der Waals surface area contributed by atoms with E-state index >= 15 is 0 Å². The molecular formula is C14H17ClN2. The van der Waals surface area contributed by atoms with E-state index in [9.17, 15) is 0 Å². The number of rotatable bonds is 2. The second-order valence-corrected chi connectivity index (χ2v) is 5.83. The number of para-hydroxylation sites is 2. The van der Waals surface area contributed by atoms with Crippen molar-refractivity contribution in [3.8, 4) is 0 Å². The number of nitrogens with zero attached hydrogens (tertiary/aromatic N) is 2. The van der Waals surface area contributed by atoms with E-state index in [1.807, 2.05) is 13.0 Å². The predicted molar refractivity (Wildman–Crippen MR) is 71.4 cm³/mol. The minimum Gasteiger partial charge on any atom is -0.324 e. The number of benzene rings is 1. The molecule has 1 aromatic heterocycles. The van der Waals surface area contributed by atoms with Gasteiger partial charge >= 0.3 is 0 Å². The Morgan fingerprint density at radius 3 is 2.71 bits per heavy atom. The molecule has 1 fully saturated rings. The van der Waals surface area contributed by atoms with Crippen LogP contribution < -0.4 is 0 Å². The third-order valence-corrected chi connectivity index (χ3v) is 3.89. The van der Waals surface area contributed by atoms with Crippen molar-refractivity contribution in [2.24, 2.45) is 5.92 Å². The smallest absolute Gasteiger partial charge is 0.127 e. The molecule has 1 aromatic carbocycles. The Kier molecular flexibility index (Phi) is 2.62. The standard InChI is InChI=1S/C14H17ClN2/c1-9-7-11(8-9)17-13-6-4-3-5-12(13)16-14(17)10(2)15/h3-6,9-11H,7-8H2,1-2H3. The van der Waals surface area contributed by atoms with Gasteiger partial charge in [0, 0.05) is 6.04 Å². The molecule has 0 N–H and O–H groups in total. The van der Waals surface area contributed by atoms with Crippen LogP contribution in [0.4, 0.5) is 0 Å². The van der Waals surface area contributed by atoms with Crippen LogP contribution in [-0.2, 0) is 0 Å². The molecule has 0 spiro atoms. The summed E-state index contributed by atoms with van der Waals surface area (Å²) >= 11 is 6.26. The van der Waals surface area contributed by atoms with Crippen molar-refractivity contribution >= 4 is 22.6 Å². The van der Waals surface area contributed by atoms with Gasteiger partial charge in [0.05, 0.1) is 16.4 Å². The molecule has 0 bridgehead atoms. The molecule has 90 valence electrons. The summed E-state index contributed by atoms with van der Waals surface area (Å²) in [6, 6.07) is 8.91. The molecule has 1 saturated carbocycles. The van der Waals surface area contributed by atoms with Gasteiger partial charge in [-0.15, -0.1) is 11.6 Å². The summed E-state index contributed by atoms with van der Waals surface area (Å²) in [6.07, 6.45) is 2.49. The van der Waals surface area contributed by atoms with Crippen LogP contribution in [0.2, 0.25) is 0 Å². The van der Waals surface area contributed by atoms with Crippen LogP contribution in [0.15, 0.2) is 24.3 Å².